The number of nitrogens with zero attached hydrogens (tertiary/aromatic N) is 2. The highest BCUT2D eigenvalue weighted by Gasteiger charge is 2.26. The highest BCUT2D eigenvalue weighted by molar-refractivity contribution is 7.10. The molecule has 2 N–H and O–H groups in total. The lowest BCUT2D eigenvalue weighted by atomic mass is 9.95. The van der Waals surface area contributed by atoms with Gasteiger partial charge in [0, 0.05) is 30.0 Å². The van der Waals surface area contributed by atoms with Crippen LogP contribution < -0.4 is 15.8 Å². The van der Waals surface area contributed by atoms with Crippen LogP contribution in [0.25, 0.3) is 0 Å². The van der Waals surface area contributed by atoms with E-state index in [9.17, 15) is 9.59 Å². The third-order valence-corrected chi connectivity index (χ3v) is 5.27. The Morgan fingerprint density at radius 3 is 2.91 bits per heavy atom. The normalized spacial score (nSPS) is 17.0. The Kier molecular flexibility index (Phi) is 4.76. The SMILES string of the molecule is CC(NC(=O)C1CCN(c2cn[nH]c(=O)c2)CC1)c1cccs1. The molecule has 1 amide bonds. The topological polar surface area (TPSA) is 78.1 Å². The first-order chi connectivity index (χ1) is 11.1. The number of piperidine rings is 1. The van der Waals surface area contributed by atoms with Crippen molar-refractivity contribution >= 4 is 22.9 Å². The van der Waals surface area contributed by atoms with Crippen LogP contribution in [0, 0.1) is 5.92 Å². The van der Waals surface area contributed by atoms with Gasteiger partial charge < -0.3 is 10.2 Å². The van der Waals surface area contributed by atoms with Crippen molar-refractivity contribution in [2.24, 2.45) is 5.92 Å². The second kappa shape index (κ2) is 6.95. The molecule has 0 spiro atoms. The van der Waals surface area contributed by atoms with E-state index in [4.69, 9.17) is 0 Å². The van der Waals surface area contributed by atoms with Gasteiger partial charge in [0.05, 0.1) is 17.9 Å². The molecular formula is C16H20N4O2S. The van der Waals surface area contributed by atoms with Crippen LogP contribution in [-0.4, -0.2) is 29.2 Å². The number of amides is 1. The second-order valence-electron chi connectivity index (χ2n) is 5.81. The molecule has 122 valence electrons. The van der Waals surface area contributed by atoms with E-state index >= 15 is 0 Å². The Balaban J connectivity index is 1.54. The van der Waals surface area contributed by atoms with Crippen LogP contribution in [0.15, 0.2) is 34.6 Å². The first kappa shape index (κ1) is 15.7. The Morgan fingerprint density at radius 2 is 2.26 bits per heavy atom. The number of aromatic nitrogens is 2. The summed E-state index contributed by atoms with van der Waals surface area (Å²) >= 11 is 1.66. The Labute approximate surface area is 138 Å². The van der Waals surface area contributed by atoms with Gasteiger partial charge in [0.15, 0.2) is 0 Å². The van der Waals surface area contributed by atoms with E-state index in [1.807, 2.05) is 24.4 Å². The van der Waals surface area contributed by atoms with Crippen molar-refractivity contribution in [1.29, 1.82) is 0 Å². The summed E-state index contributed by atoms with van der Waals surface area (Å²) in [6.07, 6.45) is 3.23. The molecule has 1 saturated heterocycles. The molecule has 0 aromatic carbocycles. The molecule has 1 fully saturated rings. The smallest absolute Gasteiger partial charge is 0.266 e. The van der Waals surface area contributed by atoms with Crippen LogP contribution in [-0.2, 0) is 4.79 Å². The lowest BCUT2D eigenvalue weighted by Crippen LogP contribution is -2.41. The van der Waals surface area contributed by atoms with Gasteiger partial charge in [-0.25, -0.2) is 5.10 Å². The summed E-state index contributed by atoms with van der Waals surface area (Å²) < 4.78 is 0. The molecule has 3 rings (SSSR count). The average molecular weight is 332 g/mol. The maximum Gasteiger partial charge on any atom is 0.266 e. The summed E-state index contributed by atoms with van der Waals surface area (Å²) in [4.78, 5) is 27.0. The number of thiophene rings is 1. The highest BCUT2D eigenvalue weighted by Crippen LogP contribution is 2.24. The molecule has 0 aliphatic carbocycles. The van der Waals surface area contributed by atoms with E-state index in [-0.39, 0.29) is 23.4 Å². The number of hydrogen-bond donors (Lipinski definition) is 2. The Bertz CT molecular complexity index is 705. The number of anilines is 1. The van der Waals surface area contributed by atoms with Gasteiger partial charge in [0.2, 0.25) is 5.91 Å². The molecule has 0 saturated carbocycles. The van der Waals surface area contributed by atoms with Crippen LogP contribution in [0.4, 0.5) is 5.69 Å². The number of carbonyl (C=O) groups excluding carboxylic acids is 1. The van der Waals surface area contributed by atoms with Gasteiger partial charge in [0.25, 0.3) is 5.56 Å². The van der Waals surface area contributed by atoms with Crippen LogP contribution in [0.3, 0.4) is 0 Å². The van der Waals surface area contributed by atoms with E-state index in [1.165, 1.54) is 4.88 Å². The molecule has 0 radical (unpaired) electrons. The molecule has 2 aromatic rings. The number of aromatic amines is 1. The van der Waals surface area contributed by atoms with Crippen molar-refractivity contribution in [2.45, 2.75) is 25.8 Å². The van der Waals surface area contributed by atoms with E-state index in [1.54, 1.807) is 23.6 Å². The molecule has 3 heterocycles. The number of nitrogens with one attached hydrogen (secondary N) is 2. The molecule has 1 aliphatic rings. The third-order valence-electron chi connectivity index (χ3n) is 4.21. The molecule has 6 nitrogen and oxygen atoms in total. The largest absolute Gasteiger partial charge is 0.370 e. The van der Waals surface area contributed by atoms with Crippen molar-refractivity contribution in [3.05, 3.63) is 45.0 Å². The fraction of sp³-hybridized carbons (Fsp3) is 0.438. The number of hydrogen-bond acceptors (Lipinski definition) is 5. The molecular weight excluding hydrogens is 312 g/mol. The molecule has 0 bridgehead atoms. The average Bonchev–Trinajstić information content (AvgIpc) is 3.09. The predicted octanol–water partition coefficient (Wildman–Crippen LogP) is 1.93. The summed E-state index contributed by atoms with van der Waals surface area (Å²) in [5, 5.41) is 11.3. The maximum atomic E-state index is 12.4. The Hall–Kier alpha value is -2.15. The molecule has 1 aliphatic heterocycles. The lowest BCUT2D eigenvalue weighted by Gasteiger charge is -2.33. The zero-order chi connectivity index (χ0) is 16.2. The van der Waals surface area contributed by atoms with Crippen molar-refractivity contribution < 1.29 is 4.79 Å². The van der Waals surface area contributed by atoms with E-state index in [0.29, 0.717) is 0 Å². The minimum atomic E-state index is -0.202. The fourth-order valence-corrected chi connectivity index (χ4v) is 3.61. The maximum absolute atomic E-state index is 12.4. The molecule has 2 aromatic heterocycles. The summed E-state index contributed by atoms with van der Waals surface area (Å²) in [7, 11) is 0. The summed E-state index contributed by atoms with van der Waals surface area (Å²) in [6.45, 7) is 3.54. The van der Waals surface area contributed by atoms with Gasteiger partial charge in [-0.1, -0.05) is 6.07 Å². The van der Waals surface area contributed by atoms with Crippen molar-refractivity contribution in [3.8, 4) is 0 Å². The Morgan fingerprint density at radius 1 is 1.48 bits per heavy atom. The monoisotopic (exact) mass is 332 g/mol. The van der Waals surface area contributed by atoms with Crippen LogP contribution in [0.1, 0.15) is 30.7 Å². The summed E-state index contributed by atoms with van der Waals surface area (Å²) in [5.74, 6) is 0.151. The van der Waals surface area contributed by atoms with Crippen LogP contribution >= 0.6 is 11.3 Å². The fourth-order valence-electron chi connectivity index (χ4n) is 2.88. The molecule has 23 heavy (non-hydrogen) atoms. The van der Waals surface area contributed by atoms with Gasteiger partial charge in [-0.15, -0.1) is 11.3 Å². The second-order valence-corrected chi connectivity index (χ2v) is 6.79. The van der Waals surface area contributed by atoms with Crippen molar-refractivity contribution in [2.75, 3.05) is 18.0 Å². The first-order valence-electron chi connectivity index (χ1n) is 7.77. The van der Waals surface area contributed by atoms with Gasteiger partial charge in [0.1, 0.15) is 0 Å². The van der Waals surface area contributed by atoms with Gasteiger partial charge in [-0.05, 0) is 31.2 Å². The standard InChI is InChI=1S/C16H20N4O2S/c1-11(14-3-2-8-23-14)18-16(22)12-4-6-20(7-5-12)13-9-15(21)19-17-10-13/h2-3,8-12H,4-7H2,1H3,(H,18,22)(H,19,21). The van der Waals surface area contributed by atoms with Crippen molar-refractivity contribution in [1.82, 2.24) is 15.5 Å². The lowest BCUT2D eigenvalue weighted by molar-refractivity contribution is -0.126. The van der Waals surface area contributed by atoms with Gasteiger partial charge in [-0.2, -0.15) is 5.10 Å². The van der Waals surface area contributed by atoms with Gasteiger partial charge in [-0.3, -0.25) is 9.59 Å². The summed E-state index contributed by atoms with van der Waals surface area (Å²) in [6, 6.07) is 5.64. The van der Waals surface area contributed by atoms with Crippen LogP contribution in [0.2, 0.25) is 0 Å². The third kappa shape index (κ3) is 3.79. The molecule has 1 atom stereocenters. The van der Waals surface area contributed by atoms with E-state index in [0.717, 1.165) is 31.6 Å². The van der Waals surface area contributed by atoms with Crippen LogP contribution in [0.5, 0.6) is 0 Å². The number of carbonyl (C=O) groups is 1. The van der Waals surface area contributed by atoms with E-state index in [2.05, 4.69) is 20.4 Å². The van der Waals surface area contributed by atoms with Gasteiger partial charge >= 0.3 is 0 Å². The molecule has 1 unspecified atom stereocenters. The first-order valence-corrected chi connectivity index (χ1v) is 8.65. The number of H-pyrrole nitrogens is 1. The minimum absolute atomic E-state index is 0.0311. The summed E-state index contributed by atoms with van der Waals surface area (Å²) in [5.41, 5.74) is 0.617. The van der Waals surface area contributed by atoms with Crippen molar-refractivity contribution in [3.63, 3.8) is 0 Å². The molecule has 7 heteroatoms. The minimum Gasteiger partial charge on any atom is -0.370 e. The quantitative estimate of drug-likeness (QED) is 0.897. The van der Waals surface area contributed by atoms with E-state index < -0.39 is 0 Å². The zero-order valence-corrected chi connectivity index (χ0v) is 13.8. The zero-order valence-electron chi connectivity index (χ0n) is 13.0. The number of rotatable bonds is 4. The predicted molar refractivity (Wildman–Crippen MR) is 90.7 cm³/mol. The highest BCUT2D eigenvalue weighted by atomic mass is 32.1.